The molecule has 0 saturated carbocycles. The summed E-state index contributed by atoms with van der Waals surface area (Å²) in [6.07, 6.45) is 2.41. The zero-order valence-corrected chi connectivity index (χ0v) is 10.8. The van der Waals surface area contributed by atoms with Gasteiger partial charge in [-0.2, -0.15) is 0 Å². The highest BCUT2D eigenvalue weighted by molar-refractivity contribution is 5.80. The number of unbranched alkanes of at least 4 members (excludes halogenated alkanes) is 1. The second kappa shape index (κ2) is 7.23. The lowest BCUT2D eigenvalue weighted by atomic mass is 10.1. The summed E-state index contributed by atoms with van der Waals surface area (Å²) in [7, 11) is 1.18. The SMILES string of the molecule is CCCCN=Cc1c(F)c(F)c(COC)c(F)c1F. The minimum Gasteiger partial charge on any atom is -0.380 e. The molecule has 6 heteroatoms. The Hall–Kier alpha value is -1.43. The zero-order chi connectivity index (χ0) is 14.4. The number of aliphatic imine (C=N–C) groups is 1. The van der Waals surface area contributed by atoms with E-state index in [1.165, 1.54) is 7.11 Å². The van der Waals surface area contributed by atoms with Crippen LogP contribution in [0.1, 0.15) is 30.9 Å². The van der Waals surface area contributed by atoms with Crippen LogP contribution in [0.2, 0.25) is 0 Å². The Balaban J connectivity index is 3.16. The molecule has 0 radical (unpaired) electrons. The number of nitrogens with zero attached hydrogens (tertiary/aromatic N) is 1. The summed E-state index contributed by atoms with van der Waals surface area (Å²) < 4.78 is 58.8. The monoisotopic (exact) mass is 277 g/mol. The molecule has 1 aromatic carbocycles. The molecule has 0 saturated heterocycles. The maximum atomic E-state index is 13.6. The lowest BCUT2D eigenvalue weighted by molar-refractivity contribution is 0.175. The normalized spacial score (nSPS) is 11.5. The molecule has 1 aromatic rings. The van der Waals surface area contributed by atoms with Gasteiger partial charge in [0.25, 0.3) is 0 Å². The minimum absolute atomic E-state index is 0.346. The van der Waals surface area contributed by atoms with Crippen LogP contribution < -0.4 is 0 Å². The summed E-state index contributed by atoms with van der Waals surface area (Å²) in [5.41, 5.74) is -1.56. The van der Waals surface area contributed by atoms with E-state index in [1.54, 1.807) is 0 Å². The highest BCUT2D eigenvalue weighted by Gasteiger charge is 2.24. The molecule has 0 bridgehead atoms. The predicted octanol–water partition coefficient (Wildman–Crippen LogP) is 3.61. The Labute approximate surface area is 109 Å². The van der Waals surface area contributed by atoms with Crippen LogP contribution in [0.15, 0.2) is 4.99 Å². The molecule has 0 heterocycles. The molecule has 19 heavy (non-hydrogen) atoms. The molecule has 0 aromatic heterocycles. The fourth-order valence-corrected chi connectivity index (χ4v) is 1.48. The van der Waals surface area contributed by atoms with Gasteiger partial charge < -0.3 is 4.74 Å². The summed E-state index contributed by atoms with van der Waals surface area (Å²) in [5, 5.41) is 0. The average Bonchev–Trinajstić information content (AvgIpc) is 2.40. The number of ether oxygens (including phenoxy) is 1. The first-order valence-electron chi connectivity index (χ1n) is 5.88. The lowest BCUT2D eigenvalue weighted by Gasteiger charge is -2.08. The third kappa shape index (κ3) is 3.53. The summed E-state index contributed by atoms with van der Waals surface area (Å²) in [4.78, 5) is 3.74. The Kier molecular flexibility index (Phi) is 5.95. The highest BCUT2D eigenvalue weighted by atomic mass is 19.2. The number of rotatable bonds is 6. The van der Waals surface area contributed by atoms with Gasteiger partial charge in [0.05, 0.1) is 17.7 Å². The molecule has 0 atom stereocenters. The van der Waals surface area contributed by atoms with Crippen LogP contribution in [0.4, 0.5) is 17.6 Å². The molecule has 0 N–H and O–H groups in total. The van der Waals surface area contributed by atoms with Crippen molar-refractivity contribution in [2.45, 2.75) is 26.4 Å². The van der Waals surface area contributed by atoms with Crippen molar-refractivity contribution in [1.82, 2.24) is 0 Å². The first kappa shape index (κ1) is 15.6. The van der Waals surface area contributed by atoms with Crippen molar-refractivity contribution in [1.29, 1.82) is 0 Å². The Morgan fingerprint density at radius 1 is 1.05 bits per heavy atom. The highest BCUT2D eigenvalue weighted by Crippen LogP contribution is 2.23. The molecular formula is C13H15F4NO. The lowest BCUT2D eigenvalue weighted by Crippen LogP contribution is -2.09. The van der Waals surface area contributed by atoms with Crippen LogP contribution in [0, 0.1) is 23.3 Å². The number of methoxy groups -OCH3 is 1. The predicted molar refractivity (Wildman–Crippen MR) is 64.4 cm³/mol. The Morgan fingerprint density at radius 2 is 1.63 bits per heavy atom. The van der Waals surface area contributed by atoms with Crippen LogP contribution in [0.25, 0.3) is 0 Å². The van der Waals surface area contributed by atoms with E-state index >= 15 is 0 Å². The third-order valence-electron chi connectivity index (χ3n) is 2.54. The number of hydrogen-bond donors (Lipinski definition) is 0. The molecule has 0 unspecified atom stereocenters. The first-order chi connectivity index (χ1) is 9.04. The standard InChI is InChI=1S/C13H15F4NO/c1-3-4-5-18-6-8-10(14)12(16)9(7-19-2)13(17)11(8)15/h6H,3-5,7H2,1-2H3. The molecule has 0 fully saturated rings. The van der Waals surface area contributed by atoms with E-state index in [9.17, 15) is 17.6 Å². The second-order valence-corrected chi connectivity index (χ2v) is 3.97. The van der Waals surface area contributed by atoms with Crippen molar-refractivity contribution in [3.8, 4) is 0 Å². The molecule has 106 valence electrons. The Morgan fingerprint density at radius 3 is 2.11 bits per heavy atom. The van der Waals surface area contributed by atoms with Gasteiger partial charge in [-0.25, -0.2) is 17.6 Å². The third-order valence-corrected chi connectivity index (χ3v) is 2.54. The van der Waals surface area contributed by atoms with E-state index in [4.69, 9.17) is 0 Å². The van der Waals surface area contributed by atoms with Crippen molar-refractivity contribution >= 4 is 6.21 Å². The summed E-state index contributed by atoms with van der Waals surface area (Å²) in [6, 6.07) is 0. The van der Waals surface area contributed by atoms with Gasteiger partial charge in [0.1, 0.15) is 0 Å². The molecule has 0 aliphatic heterocycles. The van der Waals surface area contributed by atoms with E-state index < -0.39 is 41.0 Å². The fraction of sp³-hybridized carbons (Fsp3) is 0.462. The number of hydrogen-bond acceptors (Lipinski definition) is 2. The van der Waals surface area contributed by atoms with Crippen LogP contribution >= 0.6 is 0 Å². The van der Waals surface area contributed by atoms with Gasteiger partial charge >= 0.3 is 0 Å². The van der Waals surface area contributed by atoms with Crippen molar-refractivity contribution < 1.29 is 22.3 Å². The topological polar surface area (TPSA) is 21.6 Å². The molecule has 0 aliphatic rings. The van der Waals surface area contributed by atoms with E-state index in [1.807, 2.05) is 6.92 Å². The van der Waals surface area contributed by atoms with Gasteiger partial charge in [-0.15, -0.1) is 0 Å². The number of benzene rings is 1. The summed E-state index contributed by atoms with van der Waals surface area (Å²) >= 11 is 0. The van der Waals surface area contributed by atoms with E-state index in [2.05, 4.69) is 9.73 Å². The van der Waals surface area contributed by atoms with Gasteiger partial charge in [-0.05, 0) is 6.42 Å². The average molecular weight is 277 g/mol. The first-order valence-corrected chi connectivity index (χ1v) is 5.88. The second-order valence-electron chi connectivity index (χ2n) is 3.97. The quantitative estimate of drug-likeness (QED) is 0.337. The van der Waals surface area contributed by atoms with Crippen molar-refractivity contribution in [3.63, 3.8) is 0 Å². The van der Waals surface area contributed by atoms with Crippen molar-refractivity contribution in [2.75, 3.05) is 13.7 Å². The summed E-state index contributed by atoms with van der Waals surface area (Å²) in [5.74, 6) is -5.80. The smallest absolute Gasteiger partial charge is 0.171 e. The Bertz CT molecular complexity index is 445. The van der Waals surface area contributed by atoms with E-state index in [-0.39, 0.29) is 0 Å². The zero-order valence-electron chi connectivity index (χ0n) is 10.8. The van der Waals surface area contributed by atoms with Crippen LogP contribution in [0.5, 0.6) is 0 Å². The van der Waals surface area contributed by atoms with Gasteiger partial charge in [0, 0.05) is 19.9 Å². The van der Waals surface area contributed by atoms with Crippen LogP contribution in [0.3, 0.4) is 0 Å². The maximum absolute atomic E-state index is 13.6. The van der Waals surface area contributed by atoms with Gasteiger partial charge in [0.15, 0.2) is 23.3 Å². The van der Waals surface area contributed by atoms with Gasteiger partial charge in [-0.1, -0.05) is 13.3 Å². The van der Waals surface area contributed by atoms with Crippen molar-refractivity contribution in [2.24, 2.45) is 4.99 Å². The van der Waals surface area contributed by atoms with Gasteiger partial charge in [0.2, 0.25) is 0 Å². The van der Waals surface area contributed by atoms with E-state index in [0.717, 1.165) is 19.1 Å². The molecule has 0 aliphatic carbocycles. The fourth-order valence-electron chi connectivity index (χ4n) is 1.48. The van der Waals surface area contributed by atoms with Crippen LogP contribution in [-0.4, -0.2) is 19.9 Å². The molecule has 2 nitrogen and oxygen atoms in total. The van der Waals surface area contributed by atoms with E-state index in [0.29, 0.717) is 6.54 Å². The number of halogens is 4. The molecule has 1 rings (SSSR count). The molecule has 0 amide bonds. The molecular weight excluding hydrogens is 262 g/mol. The van der Waals surface area contributed by atoms with Crippen molar-refractivity contribution in [3.05, 3.63) is 34.4 Å². The molecule has 0 spiro atoms. The largest absolute Gasteiger partial charge is 0.380 e. The minimum atomic E-state index is -1.45. The summed E-state index contributed by atoms with van der Waals surface area (Å²) in [6.45, 7) is 1.73. The van der Waals surface area contributed by atoms with Crippen LogP contribution in [-0.2, 0) is 11.3 Å². The maximum Gasteiger partial charge on any atom is 0.171 e. The van der Waals surface area contributed by atoms with Gasteiger partial charge in [-0.3, -0.25) is 4.99 Å².